The van der Waals surface area contributed by atoms with Crippen LogP contribution in [0.5, 0.6) is 0 Å². The van der Waals surface area contributed by atoms with Gasteiger partial charge in [-0.05, 0) is 52.7 Å². The number of benzene rings is 1. The van der Waals surface area contributed by atoms with Crippen LogP contribution in [0.15, 0.2) is 12.1 Å². The highest BCUT2D eigenvalue weighted by molar-refractivity contribution is 5.61. The van der Waals surface area contributed by atoms with Crippen LogP contribution in [0.3, 0.4) is 0 Å². The van der Waals surface area contributed by atoms with E-state index in [9.17, 15) is 0 Å². The molecule has 1 aromatic rings. The first-order chi connectivity index (χ1) is 8.28. The third-order valence-electron chi connectivity index (χ3n) is 3.67. The predicted molar refractivity (Wildman–Crippen MR) is 79.5 cm³/mol. The number of aryl methyl sites for hydroxylation is 3. The molecule has 18 heavy (non-hydrogen) atoms. The van der Waals surface area contributed by atoms with Gasteiger partial charge in [0.25, 0.3) is 0 Å². The first-order valence-electron chi connectivity index (χ1n) is 6.89. The van der Waals surface area contributed by atoms with Crippen molar-refractivity contribution in [1.82, 2.24) is 5.32 Å². The zero-order valence-electron chi connectivity index (χ0n) is 12.6. The van der Waals surface area contributed by atoms with Crippen molar-refractivity contribution in [3.63, 3.8) is 0 Å². The van der Waals surface area contributed by atoms with Crippen LogP contribution in [0, 0.1) is 20.8 Å². The fraction of sp³-hybridized carbons (Fsp3) is 0.625. The van der Waals surface area contributed by atoms with Gasteiger partial charge in [-0.15, -0.1) is 0 Å². The van der Waals surface area contributed by atoms with Crippen LogP contribution in [0.4, 0.5) is 5.69 Å². The maximum atomic E-state index is 3.66. The van der Waals surface area contributed by atoms with Gasteiger partial charge in [0.05, 0.1) is 0 Å². The van der Waals surface area contributed by atoms with Crippen molar-refractivity contribution in [2.75, 3.05) is 18.0 Å². The van der Waals surface area contributed by atoms with Crippen molar-refractivity contribution in [2.24, 2.45) is 0 Å². The van der Waals surface area contributed by atoms with E-state index in [1.54, 1.807) is 0 Å². The summed E-state index contributed by atoms with van der Waals surface area (Å²) in [7, 11) is 0. The van der Waals surface area contributed by atoms with Crippen molar-refractivity contribution >= 4 is 5.69 Å². The van der Waals surface area contributed by atoms with Crippen LogP contribution >= 0.6 is 0 Å². The highest BCUT2D eigenvalue weighted by atomic mass is 15.2. The Balaban J connectivity index is 2.37. The molecular formula is C16H26N2. The smallest absolute Gasteiger partial charge is 0.0427 e. The molecule has 0 bridgehead atoms. The molecule has 0 saturated carbocycles. The Bertz CT molecular complexity index is 425. The molecule has 1 atom stereocenters. The first-order valence-corrected chi connectivity index (χ1v) is 6.89. The monoisotopic (exact) mass is 246 g/mol. The second-order valence-corrected chi connectivity index (χ2v) is 6.56. The molecule has 1 heterocycles. The second kappa shape index (κ2) is 4.58. The summed E-state index contributed by atoms with van der Waals surface area (Å²) >= 11 is 0. The van der Waals surface area contributed by atoms with E-state index >= 15 is 0 Å². The normalized spacial score (nSPS) is 23.2. The molecule has 2 rings (SSSR count). The summed E-state index contributed by atoms with van der Waals surface area (Å²) in [6.07, 6.45) is 0. The number of rotatable bonds is 1. The third-order valence-corrected chi connectivity index (χ3v) is 3.67. The number of hydrogen-bond acceptors (Lipinski definition) is 2. The number of anilines is 1. The van der Waals surface area contributed by atoms with Crippen molar-refractivity contribution in [3.05, 3.63) is 28.8 Å². The third kappa shape index (κ3) is 2.69. The van der Waals surface area contributed by atoms with E-state index in [-0.39, 0.29) is 5.54 Å². The van der Waals surface area contributed by atoms with Crippen LogP contribution in [-0.2, 0) is 0 Å². The minimum atomic E-state index is 0.182. The minimum Gasteiger partial charge on any atom is -0.368 e. The lowest BCUT2D eigenvalue weighted by molar-refractivity contribution is 0.301. The van der Waals surface area contributed by atoms with Crippen molar-refractivity contribution < 1.29 is 0 Å². The molecule has 1 saturated heterocycles. The average Bonchev–Trinajstić information content (AvgIpc) is 2.11. The Hall–Kier alpha value is -1.02. The van der Waals surface area contributed by atoms with Gasteiger partial charge in [0.2, 0.25) is 0 Å². The maximum Gasteiger partial charge on any atom is 0.0427 e. The second-order valence-electron chi connectivity index (χ2n) is 6.56. The highest BCUT2D eigenvalue weighted by Crippen LogP contribution is 2.29. The Morgan fingerprint density at radius 2 is 1.72 bits per heavy atom. The summed E-state index contributed by atoms with van der Waals surface area (Å²) in [6, 6.07) is 5.12. The van der Waals surface area contributed by atoms with E-state index in [1.807, 2.05) is 0 Å². The summed E-state index contributed by atoms with van der Waals surface area (Å²) in [5.41, 5.74) is 5.77. The molecule has 1 fully saturated rings. The van der Waals surface area contributed by atoms with Crippen LogP contribution in [0.25, 0.3) is 0 Å². The number of hydrogen-bond donors (Lipinski definition) is 1. The fourth-order valence-electron chi connectivity index (χ4n) is 3.47. The fourth-order valence-corrected chi connectivity index (χ4v) is 3.47. The summed E-state index contributed by atoms with van der Waals surface area (Å²) in [4.78, 5) is 2.55. The molecule has 2 heteroatoms. The molecular weight excluding hydrogens is 220 g/mol. The van der Waals surface area contributed by atoms with E-state index < -0.39 is 0 Å². The molecule has 1 aliphatic heterocycles. The molecule has 1 aliphatic rings. The lowest BCUT2D eigenvalue weighted by atomic mass is 9.96. The van der Waals surface area contributed by atoms with Crippen LogP contribution in [-0.4, -0.2) is 24.7 Å². The van der Waals surface area contributed by atoms with E-state index in [0.29, 0.717) is 6.04 Å². The van der Waals surface area contributed by atoms with E-state index in [1.165, 1.54) is 22.4 Å². The Kier molecular flexibility index (Phi) is 3.41. The summed E-state index contributed by atoms with van der Waals surface area (Å²) in [5.74, 6) is 0. The van der Waals surface area contributed by atoms with Gasteiger partial charge < -0.3 is 10.2 Å². The molecule has 0 aromatic heterocycles. The molecule has 1 aromatic carbocycles. The van der Waals surface area contributed by atoms with Crippen molar-refractivity contribution in [1.29, 1.82) is 0 Å². The van der Waals surface area contributed by atoms with Gasteiger partial charge in [-0.2, -0.15) is 0 Å². The minimum absolute atomic E-state index is 0.182. The topological polar surface area (TPSA) is 15.3 Å². The largest absolute Gasteiger partial charge is 0.368 e. The zero-order chi connectivity index (χ0) is 13.5. The number of nitrogens with zero attached hydrogens (tertiary/aromatic N) is 1. The van der Waals surface area contributed by atoms with Crippen LogP contribution < -0.4 is 10.2 Å². The number of piperazine rings is 1. The van der Waals surface area contributed by atoms with Crippen molar-refractivity contribution in [2.45, 2.75) is 53.1 Å². The van der Waals surface area contributed by atoms with Gasteiger partial charge in [0.15, 0.2) is 0 Å². The Morgan fingerprint density at radius 1 is 1.17 bits per heavy atom. The predicted octanol–water partition coefficient (Wildman–Crippen LogP) is 3.19. The van der Waals surface area contributed by atoms with Crippen LogP contribution in [0.2, 0.25) is 0 Å². The van der Waals surface area contributed by atoms with Gasteiger partial charge in [0.1, 0.15) is 0 Å². The molecule has 0 aliphatic carbocycles. The van der Waals surface area contributed by atoms with Crippen LogP contribution in [0.1, 0.15) is 37.5 Å². The molecule has 100 valence electrons. The van der Waals surface area contributed by atoms with E-state index in [0.717, 1.165) is 13.1 Å². The number of nitrogens with one attached hydrogen (secondary N) is 1. The molecule has 1 N–H and O–H groups in total. The molecule has 0 spiro atoms. The lowest BCUT2D eigenvalue weighted by Gasteiger charge is -2.45. The first kappa shape index (κ1) is 13.4. The SMILES string of the molecule is Cc1cc(C)c(N2CC(C)NC(C)(C)C2)c(C)c1. The van der Waals surface area contributed by atoms with E-state index in [4.69, 9.17) is 0 Å². The van der Waals surface area contributed by atoms with Gasteiger partial charge >= 0.3 is 0 Å². The average molecular weight is 246 g/mol. The van der Waals surface area contributed by atoms with Gasteiger partial charge in [0, 0.05) is 30.4 Å². The molecule has 0 radical (unpaired) electrons. The Morgan fingerprint density at radius 3 is 2.22 bits per heavy atom. The summed E-state index contributed by atoms with van der Waals surface area (Å²) in [6.45, 7) is 15.6. The molecule has 1 unspecified atom stereocenters. The van der Waals surface area contributed by atoms with Gasteiger partial charge in [-0.3, -0.25) is 0 Å². The lowest BCUT2D eigenvalue weighted by Crippen LogP contribution is -2.61. The Labute approximate surface area is 111 Å². The van der Waals surface area contributed by atoms with Gasteiger partial charge in [-0.1, -0.05) is 17.7 Å². The quantitative estimate of drug-likeness (QED) is 0.818. The standard InChI is InChI=1S/C16H26N2/c1-11-7-12(2)15(13(3)8-11)18-9-14(4)17-16(5,6)10-18/h7-8,14,17H,9-10H2,1-6H3. The summed E-state index contributed by atoms with van der Waals surface area (Å²) in [5, 5.41) is 3.66. The van der Waals surface area contributed by atoms with Gasteiger partial charge in [-0.25, -0.2) is 0 Å². The zero-order valence-corrected chi connectivity index (χ0v) is 12.6. The molecule has 0 amide bonds. The maximum absolute atomic E-state index is 3.66. The van der Waals surface area contributed by atoms with Crippen molar-refractivity contribution in [3.8, 4) is 0 Å². The molecule has 2 nitrogen and oxygen atoms in total. The highest BCUT2D eigenvalue weighted by Gasteiger charge is 2.30. The summed E-state index contributed by atoms with van der Waals surface area (Å²) < 4.78 is 0. The van der Waals surface area contributed by atoms with E-state index in [2.05, 4.69) is 63.9 Å².